The largest absolute Gasteiger partial charge is 0.494 e. The monoisotopic (exact) mass is 315 g/mol. The smallest absolute Gasteiger partial charge is 0.264 e. The minimum absolute atomic E-state index is 0.0306. The maximum atomic E-state index is 11.9. The standard InChI is InChI=1S/C13H17NO4S2/c1-3-9-19-10-13(15)14-20(16,17)12-7-5-11(6-8-12)18-4-2/h3,5-8H,1,4,9-10H2,2H3,(H,14,15). The Morgan fingerprint density at radius 1 is 1.40 bits per heavy atom. The third-order valence-electron chi connectivity index (χ3n) is 2.16. The van der Waals surface area contributed by atoms with Gasteiger partial charge in [0.25, 0.3) is 10.0 Å². The number of rotatable bonds is 8. The molecule has 0 aliphatic heterocycles. The number of benzene rings is 1. The lowest BCUT2D eigenvalue weighted by Gasteiger charge is -2.07. The van der Waals surface area contributed by atoms with Gasteiger partial charge >= 0.3 is 0 Å². The molecule has 0 aliphatic rings. The number of sulfonamides is 1. The summed E-state index contributed by atoms with van der Waals surface area (Å²) in [7, 11) is -3.82. The summed E-state index contributed by atoms with van der Waals surface area (Å²) >= 11 is 1.29. The summed E-state index contributed by atoms with van der Waals surface area (Å²) in [5.41, 5.74) is 0. The minimum atomic E-state index is -3.82. The zero-order valence-corrected chi connectivity index (χ0v) is 12.8. The average Bonchev–Trinajstić information content (AvgIpc) is 2.39. The molecule has 0 saturated heterocycles. The number of ether oxygens (including phenoxy) is 1. The van der Waals surface area contributed by atoms with Gasteiger partial charge in [-0.25, -0.2) is 13.1 Å². The Hall–Kier alpha value is -1.47. The van der Waals surface area contributed by atoms with Crippen molar-refractivity contribution in [3.63, 3.8) is 0 Å². The minimum Gasteiger partial charge on any atom is -0.494 e. The lowest BCUT2D eigenvalue weighted by atomic mass is 10.3. The van der Waals surface area contributed by atoms with Crippen LogP contribution in [0, 0.1) is 0 Å². The number of hydrogen-bond donors (Lipinski definition) is 1. The van der Waals surface area contributed by atoms with Crippen LogP contribution in [0.2, 0.25) is 0 Å². The lowest BCUT2D eigenvalue weighted by Crippen LogP contribution is -2.31. The third kappa shape index (κ3) is 5.26. The molecule has 1 rings (SSSR count). The summed E-state index contributed by atoms with van der Waals surface area (Å²) in [6.07, 6.45) is 1.65. The van der Waals surface area contributed by atoms with E-state index in [4.69, 9.17) is 4.74 Å². The van der Waals surface area contributed by atoms with E-state index in [-0.39, 0.29) is 10.6 Å². The van der Waals surface area contributed by atoms with Crippen molar-refractivity contribution in [2.75, 3.05) is 18.1 Å². The first-order valence-electron chi connectivity index (χ1n) is 5.96. The van der Waals surface area contributed by atoms with Gasteiger partial charge in [-0.05, 0) is 31.2 Å². The van der Waals surface area contributed by atoms with Crippen LogP contribution >= 0.6 is 11.8 Å². The zero-order chi connectivity index (χ0) is 15.0. The molecule has 110 valence electrons. The van der Waals surface area contributed by atoms with Crippen molar-refractivity contribution < 1.29 is 17.9 Å². The highest BCUT2D eigenvalue weighted by Gasteiger charge is 2.17. The first-order chi connectivity index (χ1) is 9.49. The van der Waals surface area contributed by atoms with Gasteiger partial charge in [0.1, 0.15) is 5.75 Å². The van der Waals surface area contributed by atoms with Crippen molar-refractivity contribution in [1.29, 1.82) is 0 Å². The van der Waals surface area contributed by atoms with E-state index >= 15 is 0 Å². The highest BCUT2D eigenvalue weighted by atomic mass is 32.2. The van der Waals surface area contributed by atoms with Crippen LogP contribution in [0.15, 0.2) is 41.8 Å². The Morgan fingerprint density at radius 3 is 2.60 bits per heavy atom. The van der Waals surface area contributed by atoms with E-state index in [1.807, 2.05) is 11.6 Å². The molecule has 0 spiro atoms. The van der Waals surface area contributed by atoms with Crippen LogP contribution in [0.25, 0.3) is 0 Å². The Bertz CT molecular complexity index is 552. The number of amides is 1. The van der Waals surface area contributed by atoms with E-state index in [2.05, 4.69) is 6.58 Å². The van der Waals surface area contributed by atoms with E-state index in [0.29, 0.717) is 18.1 Å². The van der Waals surface area contributed by atoms with Crippen LogP contribution in [0.1, 0.15) is 6.92 Å². The fourth-order valence-electron chi connectivity index (χ4n) is 1.35. The average molecular weight is 315 g/mol. The molecule has 1 amide bonds. The topological polar surface area (TPSA) is 72.5 Å². The van der Waals surface area contributed by atoms with Crippen molar-refractivity contribution in [3.05, 3.63) is 36.9 Å². The maximum Gasteiger partial charge on any atom is 0.264 e. The molecule has 1 aromatic rings. The molecule has 5 nitrogen and oxygen atoms in total. The van der Waals surface area contributed by atoms with E-state index in [1.54, 1.807) is 18.2 Å². The molecule has 0 saturated carbocycles. The quantitative estimate of drug-likeness (QED) is 0.585. The Balaban J connectivity index is 2.68. The van der Waals surface area contributed by atoms with Gasteiger partial charge in [-0.2, -0.15) is 0 Å². The van der Waals surface area contributed by atoms with Gasteiger partial charge in [-0.15, -0.1) is 18.3 Å². The molecule has 0 bridgehead atoms. The van der Waals surface area contributed by atoms with Crippen LogP contribution < -0.4 is 9.46 Å². The third-order valence-corrected chi connectivity index (χ3v) is 4.49. The molecule has 1 N–H and O–H groups in total. The van der Waals surface area contributed by atoms with Crippen molar-refractivity contribution in [2.45, 2.75) is 11.8 Å². The number of thioether (sulfide) groups is 1. The lowest BCUT2D eigenvalue weighted by molar-refractivity contribution is -0.116. The first-order valence-corrected chi connectivity index (χ1v) is 8.60. The molecule has 0 radical (unpaired) electrons. The number of hydrogen-bond acceptors (Lipinski definition) is 5. The summed E-state index contributed by atoms with van der Waals surface area (Å²) in [5, 5.41) is 0. The molecule has 0 fully saturated rings. The molecule has 0 atom stereocenters. The molecule has 0 heterocycles. The number of carbonyl (C=O) groups excluding carboxylic acids is 1. The second-order valence-corrected chi connectivity index (χ2v) is 6.45. The van der Waals surface area contributed by atoms with E-state index < -0.39 is 15.9 Å². The van der Waals surface area contributed by atoms with Crippen LogP contribution in [-0.4, -0.2) is 32.4 Å². The Labute approximate surface area is 123 Å². The molecule has 0 aromatic heterocycles. The Morgan fingerprint density at radius 2 is 2.05 bits per heavy atom. The fourth-order valence-corrected chi connectivity index (χ4v) is 2.97. The normalized spacial score (nSPS) is 10.8. The van der Waals surface area contributed by atoms with Crippen LogP contribution in [-0.2, 0) is 14.8 Å². The molecule has 0 unspecified atom stereocenters. The van der Waals surface area contributed by atoms with E-state index in [0.717, 1.165) is 0 Å². The summed E-state index contributed by atoms with van der Waals surface area (Å²) < 4.78 is 31.1. The van der Waals surface area contributed by atoms with E-state index in [1.165, 1.54) is 23.9 Å². The molecule has 1 aromatic carbocycles. The molecule has 20 heavy (non-hydrogen) atoms. The fraction of sp³-hybridized carbons (Fsp3) is 0.308. The SMILES string of the molecule is C=CCSCC(=O)NS(=O)(=O)c1ccc(OCC)cc1. The van der Waals surface area contributed by atoms with Crippen molar-refractivity contribution in [3.8, 4) is 5.75 Å². The first kappa shape index (κ1) is 16.6. The summed E-state index contributed by atoms with van der Waals surface area (Å²) in [4.78, 5) is 11.5. The van der Waals surface area contributed by atoms with Crippen LogP contribution in [0.4, 0.5) is 0 Å². The van der Waals surface area contributed by atoms with Gasteiger partial charge in [-0.1, -0.05) is 6.08 Å². The van der Waals surface area contributed by atoms with Crippen LogP contribution in [0.5, 0.6) is 5.75 Å². The zero-order valence-electron chi connectivity index (χ0n) is 11.2. The second-order valence-electron chi connectivity index (χ2n) is 3.74. The van der Waals surface area contributed by atoms with Crippen molar-refractivity contribution in [1.82, 2.24) is 4.72 Å². The van der Waals surface area contributed by atoms with Crippen LogP contribution in [0.3, 0.4) is 0 Å². The van der Waals surface area contributed by atoms with Gasteiger partial charge in [0.05, 0.1) is 17.3 Å². The molecule has 0 aliphatic carbocycles. The molecular formula is C13H17NO4S2. The van der Waals surface area contributed by atoms with Crippen molar-refractivity contribution >= 4 is 27.7 Å². The van der Waals surface area contributed by atoms with Crippen molar-refractivity contribution in [2.24, 2.45) is 0 Å². The van der Waals surface area contributed by atoms with Gasteiger partial charge < -0.3 is 4.74 Å². The maximum absolute atomic E-state index is 11.9. The van der Waals surface area contributed by atoms with Gasteiger partial charge in [-0.3, -0.25) is 4.79 Å². The van der Waals surface area contributed by atoms with Gasteiger partial charge in [0, 0.05) is 5.75 Å². The van der Waals surface area contributed by atoms with Gasteiger partial charge in [0.15, 0.2) is 0 Å². The molecule has 7 heteroatoms. The predicted molar refractivity (Wildman–Crippen MR) is 80.5 cm³/mol. The summed E-state index contributed by atoms with van der Waals surface area (Å²) in [6.45, 7) is 5.86. The highest BCUT2D eigenvalue weighted by molar-refractivity contribution is 8.00. The number of nitrogens with one attached hydrogen (secondary N) is 1. The predicted octanol–water partition coefficient (Wildman–Crippen LogP) is 1.81. The number of carbonyl (C=O) groups is 1. The van der Waals surface area contributed by atoms with E-state index in [9.17, 15) is 13.2 Å². The highest BCUT2D eigenvalue weighted by Crippen LogP contribution is 2.15. The summed E-state index contributed by atoms with van der Waals surface area (Å²) in [6, 6.07) is 5.90. The second kappa shape index (κ2) is 7.96. The molecular weight excluding hydrogens is 298 g/mol. The Kier molecular flexibility index (Phi) is 6.60. The van der Waals surface area contributed by atoms with Gasteiger partial charge in [0.2, 0.25) is 5.91 Å². The summed E-state index contributed by atoms with van der Waals surface area (Å²) in [5.74, 6) is 0.698.